The first-order valence-electron chi connectivity index (χ1n) is 7.67. The van der Waals surface area contributed by atoms with E-state index in [9.17, 15) is 9.59 Å². The summed E-state index contributed by atoms with van der Waals surface area (Å²) in [7, 11) is 0. The Labute approximate surface area is 135 Å². The average Bonchev–Trinajstić information content (AvgIpc) is 2.61. The zero-order valence-corrected chi connectivity index (χ0v) is 13.1. The molecule has 6 nitrogen and oxygen atoms in total. The van der Waals surface area contributed by atoms with Gasteiger partial charge in [0.25, 0.3) is 11.8 Å². The second-order valence-electron chi connectivity index (χ2n) is 5.11. The Kier molecular flexibility index (Phi) is 6.23. The molecule has 0 bridgehead atoms. The summed E-state index contributed by atoms with van der Waals surface area (Å²) in [6.45, 7) is 2.13. The molecular weight excluding hydrogens is 292 g/mol. The van der Waals surface area contributed by atoms with Gasteiger partial charge in [-0.2, -0.15) is 0 Å². The molecule has 2 amide bonds. The minimum atomic E-state index is -0.417. The topological polar surface area (TPSA) is 84.0 Å². The summed E-state index contributed by atoms with van der Waals surface area (Å²) in [5.74, 6) is -0.816. The number of hydrogen-bond acceptors (Lipinski definition) is 4. The minimum absolute atomic E-state index is 0.346. The lowest BCUT2D eigenvalue weighted by Gasteiger charge is -2.10. The molecule has 0 aliphatic carbocycles. The standard InChI is InChI=1S/C17H20N4O2/c1-2-3-4-6-13-7-5-10-19-15(13)17(23)21-20-16(22)14-8-11-18-12-9-14/h5,7-12H,2-4,6H2,1H3,(H,20,22)(H,21,23). The number of nitrogens with zero attached hydrogens (tertiary/aromatic N) is 2. The third kappa shape index (κ3) is 4.88. The van der Waals surface area contributed by atoms with Crippen molar-refractivity contribution in [1.82, 2.24) is 20.8 Å². The zero-order chi connectivity index (χ0) is 16.5. The molecule has 2 heterocycles. The molecule has 120 valence electrons. The van der Waals surface area contributed by atoms with E-state index in [2.05, 4.69) is 27.7 Å². The highest BCUT2D eigenvalue weighted by Gasteiger charge is 2.13. The van der Waals surface area contributed by atoms with Gasteiger partial charge in [-0.3, -0.25) is 30.4 Å². The molecule has 0 atom stereocenters. The highest BCUT2D eigenvalue weighted by atomic mass is 16.2. The van der Waals surface area contributed by atoms with Gasteiger partial charge in [-0.15, -0.1) is 0 Å². The summed E-state index contributed by atoms with van der Waals surface area (Å²) in [5, 5.41) is 0. The van der Waals surface area contributed by atoms with Crippen molar-refractivity contribution in [2.24, 2.45) is 0 Å². The molecule has 0 aromatic carbocycles. The van der Waals surface area contributed by atoms with Crippen LogP contribution in [0.1, 0.15) is 52.6 Å². The lowest BCUT2D eigenvalue weighted by atomic mass is 10.1. The van der Waals surface area contributed by atoms with Crippen molar-refractivity contribution >= 4 is 11.8 Å². The number of unbranched alkanes of at least 4 members (excludes halogenated alkanes) is 2. The molecule has 2 aromatic heterocycles. The lowest BCUT2D eigenvalue weighted by molar-refractivity contribution is 0.0843. The molecule has 0 fully saturated rings. The van der Waals surface area contributed by atoms with Crippen LogP contribution in [0.5, 0.6) is 0 Å². The van der Waals surface area contributed by atoms with E-state index in [0.717, 1.165) is 31.2 Å². The quantitative estimate of drug-likeness (QED) is 0.633. The molecule has 2 rings (SSSR count). The number of aryl methyl sites for hydroxylation is 1. The van der Waals surface area contributed by atoms with Crippen LogP contribution in [0.4, 0.5) is 0 Å². The van der Waals surface area contributed by atoms with E-state index in [1.807, 2.05) is 12.1 Å². The number of hydrogen-bond donors (Lipinski definition) is 2. The Bertz CT molecular complexity index is 659. The number of pyridine rings is 2. The van der Waals surface area contributed by atoms with Gasteiger partial charge in [0.2, 0.25) is 0 Å². The average molecular weight is 312 g/mol. The second-order valence-corrected chi connectivity index (χ2v) is 5.11. The van der Waals surface area contributed by atoms with E-state index >= 15 is 0 Å². The first-order chi connectivity index (χ1) is 11.2. The molecule has 2 N–H and O–H groups in total. The van der Waals surface area contributed by atoms with Gasteiger partial charge in [0.05, 0.1) is 0 Å². The molecule has 2 aromatic rings. The number of hydrazine groups is 1. The SMILES string of the molecule is CCCCCc1cccnc1C(=O)NNC(=O)c1ccncc1. The van der Waals surface area contributed by atoms with Gasteiger partial charge in [0.15, 0.2) is 0 Å². The van der Waals surface area contributed by atoms with E-state index in [1.165, 1.54) is 12.4 Å². The van der Waals surface area contributed by atoms with Crippen LogP contribution >= 0.6 is 0 Å². The summed E-state index contributed by atoms with van der Waals surface area (Å²) < 4.78 is 0. The van der Waals surface area contributed by atoms with Crippen molar-refractivity contribution in [3.05, 3.63) is 59.7 Å². The predicted molar refractivity (Wildman–Crippen MR) is 86.6 cm³/mol. The monoisotopic (exact) mass is 312 g/mol. The molecule has 0 spiro atoms. The fourth-order valence-electron chi connectivity index (χ4n) is 2.16. The largest absolute Gasteiger partial charge is 0.288 e. The van der Waals surface area contributed by atoms with Gasteiger partial charge in [-0.05, 0) is 36.6 Å². The van der Waals surface area contributed by atoms with Crippen molar-refractivity contribution in [2.75, 3.05) is 0 Å². The van der Waals surface area contributed by atoms with Gasteiger partial charge in [0, 0.05) is 24.2 Å². The van der Waals surface area contributed by atoms with Crippen LogP contribution in [0.25, 0.3) is 0 Å². The Morgan fingerprint density at radius 1 is 1.00 bits per heavy atom. The molecule has 0 aliphatic heterocycles. The van der Waals surface area contributed by atoms with Crippen LogP contribution in [0, 0.1) is 0 Å². The Morgan fingerprint density at radius 3 is 2.48 bits per heavy atom. The molecule has 0 unspecified atom stereocenters. The van der Waals surface area contributed by atoms with Crippen molar-refractivity contribution in [3.8, 4) is 0 Å². The van der Waals surface area contributed by atoms with E-state index < -0.39 is 11.8 Å². The number of rotatable bonds is 6. The lowest BCUT2D eigenvalue weighted by Crippen LogP contribution is -2.42. The summed E-state index contributed by atoms with van der Waals surface area (Å²) in [6, 6.07) is 6.84. The van der Waals surface area contributed by atoms with Crippen molar-refractivity contribution in [2.45, 2.75) is 32.6 Å². The van der Waals surface area contributed by atoms with E-state index in [-0.39, 0.29) is 0 Å². The van der Waals surface area contributed by atoms with Crippen molar-refractivity contribution < 1.29 is 9.59 Å². The number of carbonyl (C=O) groups is 2. The zero-order valence-electron chi connectivity index (χ0n) is 13.1. The van der Waals surface area contributed by atoms with Crippen LogP contribution in [0.3, 0.4) is 0 Å². The van der Waals surface area contributed by atoms with Gasteiger partial charge in [-0.25, -0.2) is 0 Å². The Morgan fingerprint density at radius 2 is 1.74 bits per heavy atom. The van der Waals surface area contributed by atoms with Gasteiger partial charge >= 0.3 is 0 Å². The molecule has 23 heavy (non-hydrogen) atoms. The number of aromatic nitrogens is 2. The Hall–Kier alpha value is -2.76. The first kappa shape index (κ1) is 16.6. The maximum atomic E-state index is 12.2. The molecule has 0 saturated carbocycles. The second kappa shape index (κ2) is 8.63. The van der Waals surface area contributed by atoms with Crippen LogP contribution in [0.2, 0.25) is 0 Å². The van der Waals surface area contributed by atoms with Crippen LogP contribution in [-0.4, -0.2) is 21.8 Å². The highest BCUT2D eigenvalue weighted by molar-refractivity contribution is 5.98. The van der Waals surface area contributed by atoms with E-state index in [4.69, 9.17) is 0 Å². The number of carbonyl (C=O) groups excluding carboxylic acids is 2. The van der Waals surface area contributed by atoms with Gasteiger partial charge in [0.1, 0.15) is 5.69 Å². The summed E-state index contributed by atoms with van der Waals surface area (Å²) in [6.07, 6.45) is 8.62. The first-order valence-corrected chi connectivity index (χ1v) is 7.67. The number of amides is 2. The van der Waals surface area contributed by atoms with Crippen LogP contribution in [-0.2, 0) is 6.42 Å². The van der Waals surface area contributed by atoms with Crippen molar-refractivity contribution in [1.29, 1.82) is 0 Å². The third-order valence-electron chi connectivity index (χ3n) is 3.39. The van der Waals surface area contributed by atoms with E-state index in [1.54, 1.807) is 18.3 Å². The predicted octanol–water partition coefficient (Wildman–Crippen LogP) is 2.28. The minimum Gasteiger partial charge on any atom is -0.267 e. The fourth-order valence-corrected chi connectivity index (χ4v) is 2.16. The van der Waals surface area contributed by atoms with Crippen molar-refractivity contribution in [3.63, 3.8) is 0 Å². The Balaban J connectivity index is 1.96. The normalized spacial score (nSPS) is 10.1. The van der Waals surface area contributed by atoms with Crippen LogP contribution < -0.4 is 10.9 Å². The van der Waals surface area contributed by atoms with Gasteiger partial charge in [-0.1, -0.05) is 25.8 Å². The maximum Gasteiger partial charge on any atom is 0.288 e. The number of nitrogens with one attached hydrogen (secondary N) is 2. The summed E-state index contributed by atoms with van der Waals surface area (Å²) in [5.41, 5.74) is 6.44. The fraction of sp³-hybridized carbons (Fsp3) is 0.294. The molecular formula is C17H20N4O2. The molecule has 0 saturated heterocycles. The smallest absolute Gasteiger partial charge is 0.267 e. The third-order valence-corrected chi connectivity index (χ3v) is 3.39. The van der Waals surface area contributed by atoms with Crippen LogP contribution in [0.15, 0.2) is 42.9 Å². The molecule has 6 heteroatoms. The highest BCUT2D eigenvalue weighted by Crippen LogP contribution is 2.10. The molecule has 0 radical (unpaired) electrons. The maximum absolute atomic E-state index is 12.2. The van der Waals surface area contributed by atoms with Gasteiger partial charge < -0.3 is 0 Å². The molecule has 0 aliphatic rings. The summed E-state index contributed by atoms with van der Waals surface area (Å²) >= 11 is 0. The summed E-state index contributed by atoms with van der Waals surface area (Å²) in [4.78, 5) is 32.1. The van der Waals surface area contributed by atoms with E-state index in [0.29, 0.717) is 11.3 Å².